The molecular weight excluding hydrogens is 461 g/mol. The summed E-state index contributed by atoms with van der Waals surface area (Å²) in [4.78, 5) is 47.4. The van der Waals surface area contributed by atoms with Crippen molar-refractivity contribution in [3.05, 3.63) is 75.3 Å². The SMILES string of the molecule is COC(=O)C[C@@H](c1ccc([N+](=O)[O-])cc1)[C@@H](NC(=O)Cc1cccc(C(F)(F)F)c1)C(=O)OC. The Labute approximate surface area is 192 Å². The van der Waals surface area contributed by atoms with E-state index in [1.165, 1.54) is 30.3 Å². The number of hydrogen-bond donors (Lipinski definition) is 1. The van der Waals surface area contributed by atoms with Gasteiger partial charge in [-0.25, -0.2) is 4.79 Å². The summed E-state index contributed by atoms with van der Waals surface area (Å²) in [6.45, 7) is 0. The molecule has 0 saturated heterocycles. The van der Waals surface area contributed by atoms with Crippen LogP contribution in [-0.4, -0.2) is 43.0 Å². The number of nitro groups is 1. The quantitative estimate of drug-likeness (QED) is 0.331. The molecule has 1 amide bonds. The zero-order chi connectivity index (χ0) is 25.5. The van der Waals surface area contributed by atoms with Gasteiger partial charge in [0.1, 0.15) is 6.04 Å². The number of hydrogen-bond acceptors (Lipinski definition) is 7. The third-order valence-electron chi connectivity index (χ3n) is 4.94. The number of ether oxygens (including phenoxy) is 2. The molecule has 2 rings (SSSR count). The van der Waals surface area contributed by atoms with Crippen LogP contribution in [0.25, 0.3) is 0 Å². The molecule has 0 bridgehead atoms. The van der Waals surface area contributed by atoms with Crippen molar-refractivity contribution in [1.82, 2.24) is 5.32 Å². The normalized spacial score (nSPS) is 12.9. The number of methoxy groups -OCH3 is 2. The van der Waals surface area contributed by atoms with Gasteiger partial charge in [-0.15, -0.1) is 0 Å². The third-order valence-corrected chi connectivity index (χ3v) is 4.94. The highest BCUT2D eigenvalue weighted by molar-refractivity contribution is 5.87. The monoisotopic (exact) mass is 482 g/mol. The number of halogens is 3. The summed E-state index contributed by atoms with van der Waals surface area (Å²) >= 11 is 0. The van der Waals surface area contributed by atoms with Crippen molar-refractivity contribution in [3.63, 3.8) is 0 Å². The van der Waals surface area contributed by atoms with E-state index in [2.05, 4.69) is 10.1 Å². The molecule has 0 aliphatic rings. The standard InChI is InChI=1S/C22H21F3N2O7/c1-33-19(29)12-17(14-6-8-16(9-7-14)27(31)32)20(21(30)34-2)26-18(28)11-13-4-3-5-15(10-13)22(23,24)25/h3-10,17,20H,11-12H2,1-2H3,(H,26,28)/t17-,20+/m0/s1. The molecule has 0 unspecified atom stereocenters. The van der Waals surface area contributed by atoms with Gasteiger partial charge >= 0.3 is 18.1 Å². The highest BCUT2D eigenvalue weighted by atomic mass is 19.4. The van der Waals surface area contributed by atoms with Gasteiger partial charge in [0.05, 0.1) is 37.5 Å². The van der Waals surface area contributed by atoms with Crippen LogP contribution in [-0.2, 0) is 36.5 Å². The van der Waals surface area contributed by atoms with Crippen LogP contribution in [0.3, 0.4) is 0 Å². The minimum atomic E-state index is -4.59. The summed E-state index contributed by atoms with van der Waals surface area (Å²) < 4.78 is 48.2. The molecule has 0 spiro atoms. The second-order valence-corrected chi connectivity index (χ2v) is 7.18. The topological polar surface area (TPSA) is 125 Å². The van der Waals surface area contributed by atoms with Gasteiger partial charge in [-0.05, 0) is 17.2 Å². The Hall–Kier alpha value is -3.96. The molecule has 2 aromatic rings. The average molecular weight is 482 g/mol. The van der Waals surface area contributed by atoms with Gasteiger partial charge in [0.15, 0.2) is 0 Å². The lowest BCUT2D eigenvalue weighted by molar-refractivity contribution is -0.384. The van der Waals surface area contributed by atoms with Gasteiger partial charge in [0.25, 0.3) is 5.69 Å². The van der Waals surface area contributed by atoms with Gasteiger partial charge in [-0.3, -0.25) is 19.7 Å². The maximum absolute atomic E-state index is 12.9. The van der Waals surface area contributed by atoms with E-state index in [9.17, 15) is 37.7 Å². The molecule has 12 heteroatoms. The predicted molar refractivity (Wildman–Crippen MR) is 112 cm³/mol. The molecule has 2 aromatic carbocycles. The summed E-state index contributed by atoms with van der Waals surface area (Å²) in [5, 5.41) is 13.3. The minimum absolute atomic E-state index is 0.0517. The highest BCUT2D eigenvalue weighted by Crippen LogP contribution is 2.30. The van der Waals surface area contributed by atoms with Crippen LogP contribution in [0.2, 0.25) is 0 Å². The Bertz CT molecular complexity index is 1060. The van der Waals surface area contributed by atoms with Crippen LogP contribution in [0.15, 0.2) is 48.5 Å². The van der Waals surface area contributed by atoms with Crippen molar-refractivity contribution < 1.29 is 42.0 Å². The van der Waals surface area contributed by atoms with Crippen LogP contribution in [0, 0.1) is 10.1 Å². The minimum Gasteiger partial charge on any atom is -0.469 e. The Morgan fingerprint density at radius 3 is 2.24 bits per heavy atom. The molecule has 0 aliphatic carbocycles. The van der Waals surface area contributed by atoms with Crippen molar-refractivity contribution in [2.24, 2.45) is 0 Å². The number of nitrogens with zero attached hydrogens (tertiary/aromatic N) is 1. The molecule has 2 atom stereocenters. The Morgan fingerprint density at radius 2 is 1.71 bits per heavy atom. The fourth-order valence-corrected chi connectivity index (χ4v) is 3.25. The summed E-state index contributed by atoms with van der Waals surface area (Å²) in [5.74, 6) is -3.49. The molecule has 0 fully saturated rings. The van der Waals surface area contributed by atoms with Crippen LogP contribution < -0.4 is 5.32 Å². The van der Waals surface area contributed by atoms with Crippen molar-refractivity contribution in [1.29, 1.82) is 0 Å². The fraction of sp³-hybridized carbons (Fsp3) is 0.318. The zero-order valence-corrected chi connectivity index (χ0v) is 18.1. The van der Waals surface area contributed by atoms with Crippen molar-refractivity contribution in [2.75, 3.05) is 14.2 Å². The van der Waals surface area contributed by atoms with Gasteiger partial charge < -0.3 is 14.8 Å². The molecular formula is C22H21F3N2O7. The van der Waals surface area contributed by atoms with Gasteiger partial charge in [-0.2, -0.15) is 13.2 Å². The van der Waals surface area contributed by atoms with Gasteiger partial charge in [0, 0.05) is 18.1 Å². The van der Waals surface area contributed by atoms with E-state index >= 15 is 0 Å². The first-order chi connectivity index (χ1) is 16.0. The van der Waals surface area contributed by atoms with Gasteiger partial charge in [-0.1, -0.05) is 30.3 Å². The fourth-order valence-electron chi connectivity index (χ4n) is 3.25. The first-order valence-corrected chi connectivity index (χ1v) is 9.80. The van der Waals surface area contributed by atoms with E-state index in [0.29, 0.717) is 5.56 Å². The summed E-state index contributed by atoms with van der Waals surface area (Å²) in [6.07, 6.45) is -5.47. The van der Waals surface area contributed by atoms with Gasteiger partial charge in [0.2, 0.25) is 5.91 Å². The zero-order valence-electron chi connectivity index (χ0n) is 18.1. The number of carbonyl (C=O) groups excluding carboxylic acids is 3. The summed E-state index contributed by atoms with van der Waals surface area (Å²) in [6, 6.07) is 7.70. The predicted octanol–water partition coefficient (Wildman–Crippen LogP) is 3.16. The number of benzene rings is 2. The molecule has 0 aromatic heterocycles. The highest BCUT2D eigenvalue weighted by Gasteiger charge is 2.35. The van der Waals surface area contributed by atoms with E-state index < -0.39 is 59.3 Å². The number of nitro benzene ring substituents is 1. The molecule has 0 radical (unpaired) electrons. The Morgan fingerprint density at radius 1 is 1.06 bits per heavy atom. The average Bonchev–Trinajstić information content (AvgIpc) is 2.80. The first kappa shape index (κ1) is 26.3. The number of carbonyl (C=O) groups is 3. The second kappa shape index (κ2) is 11.3. The molecule has 9 nitrogen and oxygen atoms in total. The largest absolute Gasteiger partial charge is 0.469 e. The molecule has 0 heterocycles. The lowest BCUT2D eigenvalue weighted by Crippen LogP contribution is -2.46. The lowest BCUT2D eigenvalue weighted by atomic mass is 9.88. The molecule has 182 valence electrons. The number of non-ortho nitro benzene ring substituents is 1. The molecule has 0 saturated carbocycles. The maximum atomic E-state index is 12.9. The van der Waals surface area contributed by atoms with Crippen molar-refractivity contribution in [2.45, 2.75) is 31.0 Å². The third kappa shape index (κ3) is 7.02. The Balaban J connectivity index is 2.34. The van der Waals surface area contributed by atoms with E-state index in [-0.39, 0.29) is 11.3 Å². The number of rotatable bonds is 9. The first-order valence-electron chi connectivity index (χ1n) is 9.80. The van der Waals surface area contributed by atoms with Crippen molar-refractivity contribution in [3.8, 4) is 0 Å². The molecule has 0 aliphatic heterocycles. The Kier molecular flexibility index (Phi) is 8.70. The van der Waals surface area contributed by atoms with Crippen LogP contribution in [0.1, 0.15) is 29.0 Å². The molecule has 1 N–H and O–H groups in total. The number of alkyl halides is 3. The molecule has 34 heavy (non-hydrogen) atoms. The number of amides is 1. The van der Waals surface area contributed by atoms with E-state index in [1.54, 1.807) is 0 Å². The summed E-state index contributed by atoms with van der Waals surface area (Å²) in [7, 11) is 2.17. The van der Waals surface area contributed by atoms with E-state index in [0.717, 1.165) is 32.4 Å². The van der Waals surface area contributed by atoms with E-state index in [1.807, 2.05) is 0 Å². The van der Waals surface area contributed by atoms with Crippen LogP contribution in [0.5, 0.6) is 0 Å². The van der Waals surface area contributed by atoms with Crippen molar-refractivity contribution >= 4 is 23.5 Å². The van der Waals surface area contributed by atoms with Crippen LogP contribution in [0.4, 0.5) is 18.9 Å². The van der Waals surface area contributed by atoms with Crippen LogP contribution >= 0.6 is 0 Å². The number of esters is 2. The maximum Gasteiger partial charge on any atom is 0.416 e. The van der Waals surface area contributed by atoms with E-state index in [4.69, 9.17) is 4.74 Å². The lowest BCUT2D eigenvalue weighted by Gasteiger charge is -2.26. The second-order valence-electron chi connectivity index (χ2n) is 7.18. The number of nitrogens with one attached hydrogen (secondary N) is 1. The smallest absolute Gasteiger partial charge is 0.416 e. The summed E-state index contributed by atoms with van der Waals surface area (Å²) in [5.41, 5.74) is -0.818.